The molecule has 0 saturated heterocycles. The van der Waals surface area contributed by atoms with Gasteiger partial charge in [-0.05, 0) is 346 Å². The van der Waals surface area contributed by atoms with Gasteiger partial charge in [0.15, 0.2) is 0 Å². The van der Waals surface area contributed by atoms with Crippen molar-refractivity contribution >= 4 is 118 Å². The average Bonchev–Trinajstić information content (AvgIpc) is 1.77. The number of halogens is 8. The van der Waals surface area contributed by atoms with E-state index in [1.165, 1.54) is 42.5 Å². The van der Waals surface area contributed by atoms with Crippen LogP contribution in [0.25, 0.3) is 110 Å². The highest BCUT2D eigenvalue weighted by Gasteiger charge is 2.33. The molecule has 0 atom stereocenters. The van der Waals surface area contributed by atoms with Crippen LogP contribution in [-0.4, -0.2) is 65.1 Å². The number of aryl methyl sites for hydroxylation is 6. The number of aromatic amines is 1. The number of carbonyl (C=O) groups is 5. The monoisotopic (exact) mass is 1940 g/mol. The molecule has 20 nitrogen and oxygen atoms in total. The Morgan fingerprint density at radius 2 is 0.703 bits per heavy atom. The second-order valence-corrected chi connectivity index (χ2v) is 34.3. The summed E-state index contributed by atoms with van der Waals surface area (Å²) in [6.45, 7) is 12.3. The van der Waals surface area contributed by atoms with Gasteiger partial charge in [0.05, 0.1) is 16.6 Å². The van der Waals surface area contributed by atoms with Crippen molar-refractivity contribution in [3.05, 3.63) is 455 Å². The maximum atomic E-state index is 13.7. The molecule has 5 heterocycles. The SMILES string of the molecule is Cc1ccc(NC(=O)NCc2cccc(F)c2)cc1-c1ccc2ccncc2c1.Cc1ccc(NC(=O)NCc2ccccc2F)cc1-c1ccc2ccncc2c1.Cc1ccc(NC(=O)c2cccc(C(F)(F)F)c2)cc1-c1ccc2n[nH]nc2c1.Cc1ccc(NC(=O)c2cccc(C(F)(F)F)c2)cc1-c1ccc2nc(N)ccc2c1.Cc1ccccc1C(=O)Nc1ccc(C)c(-c2ccc3ccncc3c2)c1. The Morgan fingerprint density at radius 1 is 0.317 bits per heavy atom. The highest BCUT2D eigenvalue weighted by Crippen LogP contribution is 2.38. The van der Waals surface area contributed by atoms with Crippen LogP contribution >= 0.6 is 0 Å². The molecule has 5 aromatic heterocycles. The third kappa shape index (κ3) is 25.6. The van der Waals surface area contributed by atoms with Crippen LogP contribution in [0.15, 0.2) is 371 Å². The van der Waals surface area contributed by atoms with E-state index in [9.17, 15) is 59.1 Å². The number of aromatic nitrogens is 7. The van der Waals surface area contributed by atoms with Gasteiger partial charge in [-0.15, -0.1) is 0 Å². The molecule has 20 rings (SSSR count). The molecule has 0 unspecified atom stereocenters. The molecule has 20 aromatic rings. The molecule has 28 heteroatoms. The number of urea groups is 2. The van der Waals surface area contributed by atoms with E-state index in [1.54, 1.807) is 79.3 Å². The van der Waals surface area contributed by atoms with Gasteiger partial charge in [-0.2, -0.15) is 41.8 Å². The maximum Gasteiger partial charge on any atom is 0.416 e. The zero-order valence-corrected chi connectivity index (χ0v) is 79.0. The highest BCUT2D eigenvalue weighted by molar-refractivity contribution is 6.07. The van der Waals surface area contributed by atoms with Crippen LogP contribution in [-0.2, 0) is 25.4 Å². The van der Waals surface area contributed by atoms with Crippen molar-refractivity contribution < 1.29 is 59.1 Å². The summed E-state index contributed by atoms with van der Waals surface area (Å²) in [4.78, 5) is 79.0. The van der Waals surface area contributed by atoms with Crippen molar-refractivity contribution in [1.29, 1.82) is 0 Å². The first-order valence-electron chi connectivity index (χ1n) is 45.8. The summed E-state index contributed by atoms with van der Waals surface area (Å²) in [5.41, 5.74) is 27.3. The van der Waals surface area contributed by atoms with E-state index in [0.29, 0.717) is 50.8 Å². The molecule has 0 aliphatic heterocycles. The lowest BCUT2D eigenvalue weighted by atomic mass is 9.97. The van der Waals surface area contributed by atoms with Crippen molar-refractivity contribution in [2.45, 2.75) is 67.0 Å². The molecule has 722 valence electrons. The number of alkyl halides is 6. The lowest BCUT2D eigenvalue weighted by Crippen LogP contribution is -2.28. The Kier molecular flexibility index (Phi) is 30.7. The van der Waals surface area contributed by atoms with E-state index < -0.39 is 35.3 Å². The number of amides is 7. The van der Waals surface area contributed by atoms with Crippen molar-refractivity contribution in [1.82, 2.24) is 46.0 Å². The largest absolute Gasteiger partial charge is 0.416 e. The normalized spacial score (nSPS) is 11.0. The van der Waals surface area contributed by atoms with Crippen LogP contribution in [0.2, 0.25) is 0 Å². The minimum atomic E-state index is -4.51. The summed E-state index contributed by atoms with van der Waals surface area (Å²) in [5, 5.41) is 37.7. The van der Waals surface area contributed by atoms with Gasteiger partial charge in [0.25, 0.3) is 17.7 Å². The first kappa shape index (κ1) is 99.5. The number of nitrogens with two attached hydrogens (primary N) is 1. The number of hydrogen-bond donors (Lipinski definition) is 9. The zero-order valence-electron chi connectivity index (χ0n) is 79.0. The van der Waals surface area contributed by atoms with Gasteiger partial charge >= 0.3 is 24.4 Å². The van der Waals surface area contributed by atoms with E-state index in [1.807, 2.05) is 205 Å². The van der Waals surface area contributed by atoms with Crippen molar-refractivity contribution in [2.75, 3.05) is 32.3 Å². The minimum Gasteiger partial charge on any atom is -0.384 e. The van der Waals surface area contributed by atoms with Gasteiger partial charge in [0, 0.05) is 123 Å². The first-order valence-corrected chi connectivity index (χ1v) is 45.8. The molecule has 0 radical (unpaired) electrons. The van der Waals surface area contributed by atoms with E-state index >= 15 is 0 Å². The van der Waals surface area contributed by atoms with E-state index in [4.69, 9.17) is 5.73 Å². The second kappa shape index (κ2) is 44.8. The maximum absolute atomic E-state index is 13.7. The number of anilines is 6. The smallest absolute Gasteiger partial charge is 0.384 e. The van der Waals surface area contributed by atoms with Crippen molar-refractivity contribution in [3.63, 3.8) is 0 Å². The number of benzene rings is 15. The van der Waals surface area contributed by atoms with E-state index in [2.05, 4.69) is 134 Å². The van der Waals surface area contributed by atoms with Gasteiger partial charge in [0.2, 0.25) is 0 Å². The fourth-order valence-corrected chi connectivity index (χ4v) is 16.2. The molecular formula is C117H93F8N15O5. The number of carbonyl (C=O) groups excluding carboxylic acids is 5. The molecule has 0 bridgehead atoms. The second-order valence-electron chi connectivity index (χ2n) is 34.3. The Morgan fingerprint density at radius 3 is 1.15 bits per heavy atom. The van der Waals surface area contributed by atoms with Crippen molar-refractivity contribution in [3.8, 4) is 55.6 Å². The summed E-state index contributed by atoms with van der Waals surface area (Å²) >= 11 is 0. The van der Waals surface area contributed by atoms with Crippen LogP contribution < -0.4 is 43.0 Å². The molecule has 0 spiro atoms. The summed E-state index contributed by atoms with van der Waals surface area (Å²) < 4.78 is 104. The summed E-state index contributed by atoms with van der Waals surface area (Å²) in [6, 6.07) is 96.1. The van der Waals surface area contributed by atoms with Crippen LogP contribution in [0.4, 0.5) is 79.0 Å². The van der Waals surface area contributed by atoms with Gasteiger partial charge < -0.3 is 43.0 Å². The third-order valence-electron chi connectivity index (χ3n) is 24.0. The fourth-order valence-electron chi connectivity index (χ4n) is 16.2. The molecule has 0 fully saturated rings. The van der Waals surface area contributed by atoms with Crippen molar-refractivity contribution in [2.24, 2.45) is 0 Å². The van der Waals surface area contributed by atoms with Gasteiger partial charge in [-0.1, -0.05) is 140 Å². The van der Waals surface area contributed by atoms with E-state index in [-0.39, 0.29) is 53.8 Å². The fraction of sp³-hybridized carbons (Fsp3) is 0.0855. The Balaban J connectivity index is 0.000000130. The molecule has 10 N–H and O–H groups in total. The lowest BCUT2D eigenvalue weighted by Gasteiger charge is -2.12. The topological polar surface area (TPSA) is 289 Å². The van der Waals surface area contributed by atoms with Gasteiger partial charge in [-0.25, -0.2) is 23.4 Å². The Bertz CT molecular complexity index is 8260. The average molecular weight is 1940 g/mol. The molecule has 0 saturated carbocycles. The summed E-state index contributed by atoms with van der Waals surface area (Å²) in [6.07, 6.45) is 1.89. The minimum absolute atomic E-state index is 0.0636. The molecular weight excluding hydrogens is 1850 g/mol. The lowest BCUT2D eigenvalue weighted by molar-refractivity contribution is -0.138. The summed E-state index contributed by atoms with van der Waals surface area (Å²) in [7, 11) is 0. The third-order valence-corrected chi connectivity index (χ3v) is 24.0. The van der Waals surface area contributed by atoms with Crippen LogP contribution in [0, 0.1) is 53.2 Å². The Hall–Kier alpha value is -18.5. The molecule has 145 heavy (non-hydrogen) atoms. The summed E-state index contributed by atoms with van der Waals surface area (Å²) in [5.74, 6) is -1.53. The number of pyridine rings is 4. The number of nitrogens with zero attached hydrogens (tertiary/aromatic N) is 6. The van der Waals surface area contributed by atoms with E-state index in [0.717, 1.165) is 168 Å². The number of nitrogens with one attached hydrogen (secondary N) is 8. The van der Waals surface area contributed by atoms with Crippen LogP contribution in [0.3, 0.4) is 0 Å². The quantitative estimate of drug-likeness (QED) is 0.0385. The number of rotatable bonds is 17. The zero-order chi connectivity index (χ0) is 102. The van der Waals surface area contributed by atoms with Gasteiger partial charge in [0.1, 0.15) is 28.5 Å². The number of fused-ring (bicyclic) bond motifs is 5. The molecule has 15 aromatic carbocycles. The first-order chi connectivity index (χ1) is 69.8. The number of H-pyrrole nitrogens is 1. The molecule has 0 aliphatic carbocycles. The number of nitrogen functional groups attached to an aromatic ring is 1. The molecule has 0 aliphatic rings. The van der Waals surface area contributed by atoms with Gasteiger partial charge in [-0.3, -0.25) is 29.3 Å². The predicted octanol–water partition coefficient (Wildman–Crippen LogP) is 28.4. The standard InChI is InChI=1S/C24H18F3N3O.2C24H20FN3O.C24H20N2O.C21H15F3N4O/c1-14-5-8-19(29-23(31)17-3-2-4-18(12-17)24(25,26)27)13-20(14)15-6-9-21-16(11-15)7-10-22(28)30-21;1-16-5-8-22(28-24(29)27-14-17-3-2-4-21(25)11-17)13-23(16)19-7-6-18-9-10-26-15-20(18)12-19;1-16-6-9-21(28-24(29)27-15-19-4-2-3-5-23(19)25)13-22(16)18-8-7-17-10-11-26-14-20(17)12-18;1-16-5-3-4-6-22(16)24(27)26-21-10-7-17(2)23(14-21)19-9-8-18-11-12-25-15-20(18)13-19;1-12-5-7-16(11-17(12)13-6-8-18-19(10-13)27-28-26-18)25-20(29)14-3-2-4-15(9-14)21(22,23)24/h2-13H,1H3,(H2,28,30)(H,29,31);2-13,15H,14H2,1H3,(H2,27,28,29);2-14H,15H2,1H3,(H2,27,28,29);3-15H,1-2H3,(H,26,27);2-11H,1H3,(H,25,29)(H,26,27,28). The predicted molar refractivity (Wildman–Crippen MR) is 559 cm³/mol. The van der Waals surface area contributed by atoms with Crippen LogP contribution in [0.1, 0.15) is 86.7 Å². The van der Waals surface area contributed by atoms with Crippen LogP contribution in [0.5, 0.6) is 0 Å². The molecule has 7 amide bonds. The number of hydrogen-bond acceptors (Lipinski definition) is 12. The highest BCUT2D eigenvalue weighted by atomic mass is 19.4. The Labute approximate surface area is 828 Å².